The average molecular weight is 439 g/mol. The van der Waals surface area contributed by atoms with Crippen molar-refractivity contribution in [3.05, 3.63) is 59.9 Å². The molecule has 0 bridgehead atoms. The number of rotatable bonds is 6. The number of nitrogens with zero attached hydrogens (tertiary/aromatic N) is 4. The molecule has 1 aromatic heterocycles. The summed E-state index contributed by atoms with van der Waals surface area (Å²) in [4.78, 5) is 26.6. The second-order valence-corrected chi connectivity index (χ2v) is 7.63. The fraction of sp³-hybridized carbons (Fsp3) is 0.273. The van der Waals surface area contributed by atoms with Crippen LogP contribution in [-0.2, 0) is 4.79 Å². The largest absolute Gasteiger partial charge is 0.490 e. The van der Waals surface area contributed by atoms with Gasteiger partial charge in [0.1, 0.15) is 18.2 Å². The van der Waals surface area contributed by atoms with E-state index in [4.69, 9.17) is 16.3 Å². The molecule has 2 N–H and O–H groups in total. The second kappa shape index (κ2) is 9.61. The second-order valence-electron chi connectivity index (χ2n) is 7.23. The highest BCUT2D eigenvalue weighted by atomic mass is 35.5. The summed E-state index contributed by atoms with van der Waals surface area (Å²) in [6.07, 6.45) is 3.45. The van der Waals surface area contributed by atoms with Crippen LogP contribution >= 0.6 is 11.6 Å². The molecule has 0 spiro atoms. The number of para-hydroxylation sites is 1. The fourth-order valence-electron chi connectivity index (χ4n) is 3.38. The number of hydrogen-bond donors (Lipinski definition) is 2. The Morgan fingerprint density at radius 2 is 1.90 bits per heavy atom. The molecule has 1 amide bonds. The smallest absolute Gasteiger partial charge is 0.231 e. The van der Waals surface area contributed by atoms with Crippen molar-refractivity contribution in [2.75, 3.05) is 28.6 Å². The predicted octanol–water partition coefficient (Wildman–Crippen LogP) is 4.27. The van der Waals surface area contributed by atoms with Crippen LogP contribution in [0.15, 0.2) is 54.9 Å². The summed E-state index contributed by atoms with van der Waals surface area (Å²) in [5.41, 5.74) is 1.23. The number of benzene rings is 2. The van der Waals surface area contributed by atoms with Gasteiger partial charge >= 0.3 is 0 Å². The molecule has 1 aliphatic heterocycles. The van der Waals surface area contributed by atoms with E-state index in [9.17, 15) is 4.79 Å². The van der Waals surface area contributed by atoms with E-state index in [0.717, 1.165) is 31.7 Å². The number of carbonyl (C=O) groups is 1. The number of ether oxygens (including phenoxy) is 1. The highest BCUT2D eigenvalue weighted by Gasteiger charge is 2.22. The Morgan fingerprint density at radius 3 is 2.65 bits per heavy atom. The van der Waals surface area contributed by atoms with Gasteiger partial charge in [-0.1, -0.05) is 29.8 Å². The molecule has 2 aromatic carbocycles. The quantitative estimate of drug-likeness (QED) is 0.593. The summed E-state index contributed by atoms with van der Waals surface area (Å²) >= 11 is 6.13. The van der Waals surface area contributed by atoms with Crippen LogP contribution in [0.4, 0.5) is 23.3 Å². The van der Waals surface area contributed by atoms with Gasteiger partial charge in [0.2, 0.25) is 17.8 Å². The minimum Gasteiger partial charge on any atom is -0.490 e. The lowest BCUT2D eigenvalue weighted by atomic mass is 10.1. The topological polar surface area (TPSA) is 92.3 Å². The van der Waals surface area contributed by atoms with Crippen LogP contribution in [0.5, 0.6) is 5.75 Å². The number of piperidine rings is 1. The van der Waals surface area contributed by atoms with Gasteiger partial charge in [0.15, 0.2) is 0 Å². The van der Waals surface area contributed by atoms with E-state index in [0.29, 0.717) is 28.3 Å². The van der Waals surface area contributed by atoms with Crippen LogP contribution in [-0.4, -0.2) is 40.1 Å². The molecule has 160 valence electrons. The number of hydrogen-bond acceptors (Lipinski definition) is 7. The van der Waals surface area contributed by atoms with Crippen molar-refractivity contribution in [3.8, 4) is 5.75 Å². The Labute approximate surface area is 185 Å². The van der Waals surface area contributed by atoms with Gasteiger partial charge in [0.25, 0.3) is 0 Å². The first kappa shape index (κ1) is 20.9. The molecular formula is C22H23ClN6O2. The zero-order chi connectivity index (χ0) is 21.6. The molecule has 1 saturated heterocycles. The number of halogens is 1. The molecular weight excluding hydrogens is 416 g/mol. The molecule has 1 fully saturated rings. The van der Waals surface area contributed by atoms with Crippen LogP contribution in [0.1, 0.15) is 19.8 Å². The first-order valence-corrected chi connectivity index (χ1v) is 10.4. The minimum absolute atomic E-state index is 0.180. The van der Waals surface area contributed by atoms with E-state index < -0.39 is 0 Å². The van der Waals surface area contributed by atoms with Crippen LogP contribution in [0.2, 0.25) is 5.02 Å². The van der Waals surface area contributed by atoms with E-state index in [1.807, 2.05) is 30.3 Å². The van der Waals surface area contributed by atoms with Gasteiger partial charge in [-0.2, -0.15) is 4.98 Å². The molecule has 4 rings (SSSR count). The molecule has 31 heavy (non-hydrogen) atoms. The fourth-order valence-corrected chi connectivity index (χ4v) is 3.55. The van der Waals surface area contributed by atoms with E-state index >= 15 is 0 Å². The summed E-state index contributed by atoms with van der Waals surface area (Å²) in [5, 5.41) is 6.30. The summed E-state index contributed by atoms with van der Waals surface area (Å²) in [5.74, 6) is 1.74. The van der Waals surface area contributed by atoms with Crippen molar-refractivity contribution in [2.24, 2.45) is 0 Å². The van der Waals surface area contributed by atoms with Gasteiger partial charge in [0.05, 0.1) is 10.7 Å². The Bertz CT molecular complexity index is 1040. The van der Waals surface area contributed by atoms with Gasteiger partial charge in [-0.25, -0.2) is 9.97 Å². The lowest BCUT2D eigenvalue weighted by molar-refractivity contribution is -0.114. The zero-order valence-corrected chi connectivity index (χ0v) is 17.8. The summed E-state index contributed by atoms with van der Waals surface area (Å²) < 4.78 is 6.06. The monoisotopic (exact) mass is 438 g/mol. The molecule has 0 unspecified atom stereocenters. The third-order valence-corrected chi connectivity index (χ3v) is 5.19. The summed E-state index contributed by atoms with van der Waals surface area (Å²) in [7, 11) is 0. The third-order valence-electron chi connectivity index (χ3n) is 4.86. The molecule has 0 radical (unpaired) electrons. The van der Waals surface area contributed by atoms with Crippen molar-refractivity contribution in [1.82, 2.24) is 15.0 Å². The van der Waals surface area contributed by atoms with Gasteiger partial charge in [0, 0.05) is 38.5 Å². The Kier molecular flexibility index (Phi) is 6.47. The number of amides is 1. The highest BCUT2D eigenvalue weighted by molar-refractivity contribution is 6.33. The maximum Gasteiger partial charge on any atom is 0.231 e. The number of nitrogens with one attached hydrogen (secondary N) is 2. The lowest BCUT2D eigenvalue weighted by Gasteiger charge is -2.32. The van der Waals surface area contributed by atoms with Crippen LogP contribution in [0.3, 0.4) is 0 Å². The zero-order valence-electron chi connectivity index (χ0n) is 17.1. The average Bonchev–Trinajstić information content (AvgIpc) is 2.77. The third kappa shape index (κ3) is 5.61. The van der Waals surface area contributed by atoms with Crippen molar-refractivity contribution in [3.63, 3.8) is 0 Å². The van der Waals surface area contributed by atoms with Crippen LogP contribution < -0.4 is 20.3 Å². The van der Waals surface area contributed by atoms with Crippen LogP contribution in [0.25, 0.3) is 0 Å². The first-order valence-electron chi connectivity index (χ1n) is 10.1. The molecule has 2 heterocycles. The molecule has 0 saturated carbocycles. The van der Waals surface area contributed by atoms with Gasteiger partial charge in [-0.15, -0.1) is 0 Å². The molecule has 0 atom stereocenters. The predicted molar refractivity (Wildman–Crippen MR) is 121 cm³/mol. The molecule has 3 aromatic rings. The SMILES string of the molecule is CC(=O)Nc1cc(Nc2ncnc(N3CCC(Oc4ccccc4)CC3)n2)ccc1Cl. The maximum absolute atomic E-state index is 11.3. The number of aromatic nitrogens is 3. The molecule has 1 aliphatic rings. The van der Waals surface area contributed by atoms with E-state index in [1.54, 1.807) is 18.2 Å². The summed E-state index contributed by atoms with van der Waals surface area (Å²) in [6.45, 7) is 3.03. The van der Waals surface area contributed by atoms with E-state index in [2.05, 4.69) is 30.5 Å². The number of anilines is 4. The van der Waals surface area contributed by atoms with E-state index in [-0.39, 0.29) is 12.0 Å². The van der Waals surface area contributed by atoms with Crippen molar-refractivity contribution in [1.29, 1.82) is 0 Å². The molecule has 8 nitrogen and oxygen atoms in total. The van der Waals surface area contributed by atoms with Crippen molar-refractivity contribution < 1.29 is 9.53 Å². The highest BCUT2D eigenvalue weighted by Crippen LogP contribution is 2.27. The van der Waals surface area contributed by atoms with Crippen molar-refractivity contribution >= 4 is 40.8 Å². The Balaban J connectivity index is 1.38. The standard InChI is InChI=1S/C22H23ClN6O2/c1-15(30)26-20-13-16(7-8-19(20)23)27-21-24-14-25-22(28-21)29-11-9-18(10-12-29)31-17-5-3-2-4-6-17/h2-8,13-14,18H,9-12H2,1H3,(H,26,30)(H,24,25,27,28). The Morgan fingerprint density at radius 1 is 1.13 bits per heavy atom. The van der Waals surface area contributed by atoms with Gasteiger partial charge in [-0.05, 0) is 30.3 Å². The lowest BCUT2D eigenvalue weighted by Crippen LogP contribution is -2.39. The van der Waals surface area contributed by atoms with Gasteiger partial charge in [-0.3, -0.25) is 4.79 Å². The molecule has 0 aliphatic carbocycles. The van der Waals surface area contributed by atoms with Crippen LogP contribution in [0, 0.1) is 0 Å². The van der Waals surface area contributed by atoms with Gasteiger partial charge < -0.3 is 20.3 Å². The Hall–Kier alpha value is -3.39. The number of carbonyl (C=O) groups excluding carboxylic acids is 1. The maximum atomic E-state index is 11.3. The molecule has 9 heteroatoms. The summed E-state index contributed by atoms with van der Waals surface area (Å²) in [6, 6.07) is 15.1. The first-order chi connectivity index (χ1) is 15.1. The normalized spacial score (nSPS) is 14.2. The minimum atomic E-state index is -0.193. The van der Waals surface area contributed by atoms with E-state index in [1.165, 1.54) is 13.3 Å². The van der Waals surface area contributed by atoms with Crippen molar-refractivity contribution in [2.45, 2.75) is 25.9 Å².